The summed E-state index contributed by atoms with van der Waals surface area (Å²) in [5, 5.41) is 20.7. The Morgan fingerprint density at radius 1 is 1.04 bits per heavy atom. The van der Waals surface area contributed by atoms with Gasteiger partial charge < -0.3 is 15.0 Å². The fourth-order valence-electron chi connectivity index (χ4n) is 3.62. The van der Waals surface area contributed by atoms with E-state index in [-0.39, 0.29) is 11.5 Å². The molecule has 0 bridgehead atoms. The molecule has 2 aromatic carbocycles. The van der Waals surface area contributed by atoms with Gasteiger partial charge >= 0.3 is 0 Å². The van der Waals surface area contributed by atoms with Crippen LogP contribution in [0.25, 0.3) is 16.7 Å². The number of nitrogens with zero attached hydrogens (tertiary/aromatic N) is 3. The van der Waals surface area contributed by atoms with Crippen LogP contribution < -0.4 is 5.73 Å². The van der Waals surface area contributed by atoms with Crippen LogP contribution in [0, 0.1) is 22.7 Å². The highest BCUT2D eigenvalue weighted by Gasteiger charge is 2.35. The van der Waals surface area contributed by atoms with E-state index >= 15 is 0 Å². The number of benzene rings is 2. The lowest BCUT2D eigenvalue weighted by Crippen LogP contribution is -2.20. The molecule has 4 rings (SSSR count). The fourth-order valence-corrected chi connectivity index (χ4v) is 4.13. The molecule has 6 heteroatoms. The lowest BCUT2D eigenvalue weighted by molar-refractivity contribution is 0.357. The molecule has 2 heterocycles. The van der Waals surface area contributed by atoms with E-state index in [9.17, 15) is 10.5 Å². The monoisotopic (exact) mass is 430 g/mol. The number of ether oxygens (including phenoxy) is 1. The molecular formula is C22H15BrN4O. The van der Waals surface area contributed by atoms with Crippen molar-refractivity contribution in [2.75, 3.05) is 0 Å². The first-order valence-electron chi connectivity index (χ1n) is 8.57. The largest absolute Gasteiger partial charge is 0.439 e. The van der Waals surface area contributed by atoms with Crippen molar-refractivity contribution in [3.63, 3.8) is 0 Å². The van der Waals surface area contributed by atoms with Gasteiger partial charge in [-0.05, 0) is 17.7 Å². The van der Waals surface area contributed by atoms with Crippen molar-refractivity contribution < 1.29 is 4.74 Å². The molecule has 0 radical (unpaired) electrons. The number of aryl methyl sites for hydroxylation is 1. The maximum absolute atomic E-state index is 10.0. The van der Waals surface area contributed by atoms with Crippen LogP contribution in [-0.4, -0.2) is 4.57 Å². The second-order valence-corrected chi connectivity index (χ2v) is 7.33. The molecule has 136 valence electrons. The van der Waals surface area contributed by atoms with Crippen LogP contribution in [0.2, 0.25) is 0 Å². The summed E-state index contributed by atoms with van der Waals surface area (Å²) in [6.45, 7) is 0. The number of hydrogen-bond donors (Lipinski definition) is 1. The van der Waals surface area contributed by atoms with Crippen LogP contribution >= 0.6 is 15.9 Å². The Balaban J connectivity index is 2.03. The van der Waals surface area contributed by atoms with Crippen LogP contribution in [0.5, 0.6) is 0 Å². The van der Waals surface area contributed by atoms with Gasteiger partial charge in [-0.1, -0.05) is 52.3 Å². The molecule has 3 aromatic rings. The van der Waals surface area contributed by atoms with Crippen molar-refractivity contribution >= 4 is 32.6 Å². The summed E-state index contributed by atoms with van der Waals surface area (Å²) in [6, 6.07) is 19.8. The molecule has 28 heavy (non-hydrogen) atoms. The van der Waals surface area contributed by atoms with E-state index in [2.05, 4.69) is 28.1 Å². The van der Waals surface area contributed by atoms with Crippen LogP contribution in [-0.2, 0) is 11.8 Å². The molecule has 0 spiro atoms. The van der Waals surface area contributed by atoms with E-state index in [0.717, 1.165) is 26.5 Å². The van der Waals surface area contributed by atoms with E-state index in [4.69, 9.17) is 10.5 Å². The Morgan fingerprint density at radius 3 is 2.43 bits per heavy atom. The Bertz CT molecular complexity index is 1250. The summed E-state index contributed by atoms with van der Waals surface area (Å²) in [7, 11) is 1.94. The first kappa shape index (κ1) is 17.9. The number of allylic oxidation sites excluding steroid dienone is 2. The molecule has 1 aliphatic rings. The highest BCUT2D eigenvalue weighted by atomic mass is 79.9. The summed E-state index contributed by atoms with van der Waals surface area (Å²) in [4.78, 5) is 0. The van der Waals surface area contributed by atoms with Crippen LogP contribution in [0.4, 0.5) is 0 Å². The molecule has 1 unspecified atom stereocenters. The first-order valence-corrected chi connectivity index (χ1v) is 9.36. The Kier molecular flexibility index (Phi) is 4.43. The second-order valence-electron chi connectivity index (χ2n) is 6.47. The van der Waals surface area contributed by atoms with Gasteiger partial charge in [0.15, 0.2) is 5.76 Å². The zero-order chi connectivity index (χ0) is 19.8. The zero-order valence-electron chi connectivity index (χ0n) is 15.0. The lowest BCUT2D eigenvalue weighted by Gasteiger charge is -2.26. The third-order valence-corrected chi connectivity index (χ3v) is 5.62. The number of rotatable bonds is 2. The van der Waals surface area contributed by atoms with E-state index in [1.54, 1.807) is 0 Å². The van der Waals surface area contributed by atoms with Gasteiger partial charge in [-0.3, -0.25) is 0 Å². The van der Waals surface area contributed by atoms with Crippen molar-refractivity contribution in [2.24, 2.45) is 12.8 Å². The molecule has 0 aliphatic carbocycles. The smallest absolute Gasteiger partial charge is 0.205 e. The third kappa shape index (κ3) is 2.67. The van der Waals surface area contributed by atoms with E-state index in [0.29, 0.717) is 11.3 Å². The molecule has 1 aromatic heterocycles. The normalized spacial score (nSPS) is 16.6. The quantitative estimate of drug-likeness (QED) is 0.638. The Hall–Kier alpha value is -3.48. The van der Waals surface area contributed by atoms with Crippen molar-refractivity contribution in [3.8, 4) is 12.1 Å². The van der Waals surface area contributed by atoms with Gasteiger partial charge in [0.25, 0.3) is 0 Å². The predicted octanol–water partition coefficient (Wildman–Crippen LogP) is 4.68. The van der Waals surface area contributed by atoms with Crippen molar-refractivity contribution in [2.45, 2.75) is 5.92 Å². The van der Waals surface area contributed by atoms with E-state index in [1.165, 1.54) is 0 Å². The number of hydrogen-bond acceptors (Lipinski definition) is 4. The van der Waals surface area contributed by atoms with Crippen LogP contribution in [0.15, 0.2) is 76.2 Å². The van der Waals surface area contributed by atoms with Gasteiger partial charge in [-0.2, -0.15) is 10.5 Å². The number of fused-ring (bicyclic) bond motifs is 1. The van der Waals surface area contributed by atoms with Gasteiger partial charge in [0.05, 0.1) is 17.6 Å². The number of nitrogens with two attached hydrogens (primary N) is 1. The minimum atomic E-state index is -0.603. The summed E-state index contributed by atoms with van der Waals surface area (Å²) in [5.74, 6) is -0.199. The fraction of sp³-hybridized carbons (Fsp3) is 0.0909. The molecule has 2 N–H and O–H groups in total. The molecular weight excluding hydrogens is 416 g/mol. The first-order chi connectivity index (χ1) is 13.6. The Morgan fingerprint density at radius 2 is 1.71 bits per heavy atom. The maximum Gasteiger partial charge on any atom is 0.205 e. The topological polar surface area (TPSA) is 87.8 Å². The summed E-state index contributed by atoms with van der Waals surface area (Å²) in [5.41, 5.74) is 9.29. The van der Waals surface area contributed by atoms with Gasteiger partial charge in [0.1, 0.15) is 11.6 Å². The zero-order valence-corrected chi connectivity index (χ0v) is 16.6. The van der Waals surface area contributed by atoms with E-state index in [1.807, 2.05) is 66.3 Å². The maximum atomic E-state index is 10.0. The number of nitriles is 2. The number of halogens is 1. The third-order valence-electron chi connectivity index (χ3n) is 4.90. The minimum Gasteiger partial charge on any atom is -0.439 e. The SMILES string of the molecule is Cn1cc(C2=C(C#N)C(c3ccccc3Br)C(C#N)=C(N)O2)c2ccccc21. The molecule has 0 saturated heterocycles. The van der Waals surface area contributed by atoms with Crippen LogP contribution in [0.1, 0.15) is 17.0 Å². The van der Waals surface area contributed by atoms with Gasteiger partial charge in [0, 0.05) is 34.2 Å². The molecule has 0 saturated carbocycles. The molecule has 0 amide bonds. The summed E-state index contributed by atoms with van der Waals surface area (Å²) >= 11 is 3.54. The average Bonchev–Trinajstić information content (AvgIpc) is 3.04. The lowest BCUT2D eigenvalue weighted by atomic mass is 9.82. The minimum absolute atomic E-state index is 0.0187. The molecule has 0 fully saturated rings. The predicted molar refractivity (Wildman–Crippen MR) is 110 cm³/mol. The average molecular weight is 431 g/mol. The summed E-state index contributed by atoms with van der Waals surface area (Å²) in [6.07, 6.45) is 1.92. The van der Waals surface area contributed by atoms with Crippen molar-refractivity contribution in [1.82, 2.24) is 4.57 Å². The van der Waals surface area contributed by atoms with Crippen LogP contribution in [0.3, 0.4) is 0 Å². The molecule has 1 atom stereocenters. The molecule has 5 nitrogen and oxygen atoms in total. The Labute approximate surface area is 170 Å². The number of aromatic nitrogens is 1. The standard InChI is InChI=1S/C22H15BrN4O/c1-27-12-17(13-6-3-5-9-19(13)27)21-15(10-24)20(16(11-25)22(26)28-21)14-7-2-4-8-18(14)23/h2-9,12,20H,26H2,1H3. The van der Waals surface area contributed by atoms with Crippen molar-refractivity contribution in [3.05, 3.63) is 87.4 Å². The highest BCUT2D eigenvalue weighted by Crippen LogP contribution is 2.45. The van der Waals surface area contributed by atoms with Gasteiger partial charge in [-0.25, -0.2) is 0 Å². The number of para-hydroxylation sites is 1. The van der Waals surface area contributed by atoms with Crippen molar-refractivity contribution in [1.29, 1.82) is 10.5 Å². The highest BCUT2D eigenvalue weighted by molar-refractivity contribution is 9.10. The van der Waals surface area contributed by atoms with E-state index < -0.39 is 5.92 Å². The van der Waals surface area contributed by atoms with Gasteiger partial charge in [-0.15, -0.1) is 0 Å². The second kappa shape index (κ2) is 6.92. The molecule has 1 aliphatic heterocycles. The summed E-state index contributed by atoms with van der Waals surface area (Å²) < 4.78 is 8.63. The van der Waals surface area contributed by atoms with Gasteiger partial charge in [0.2, 0.25) is 5.88 Å².